The monoisotopic (exact) mass is 559 g/mol. The Morgan fingerprint density at radius 2 is 1.47 bits per heavy atom. The lowest BCUT2D eigenvalue weighted by Gasteiger charge is -2.19. The lowest BCUT2D eigenvalue weighted by atomic mass is 10.1. The van der Waals surface area contributed by atoms with Gasteiger partial charge in [0.2, 0.25) is 0 Å². The fraction of sp³-hybridized carbons (Fsp3) is 0.435. The predicted octanol–water partition coefficient (Wildman–Crippen LogP) is 3.51. The van der Waals surface area contributed by atoms with Gasteiger partial charge in [0.25, 0.3) is 0 Å². The molecule has 1 atom stereocenters. The molecule has 0 aromatic heterocycles. The van der Waals surface area contributed by atoms with Crippen LogP contribution < -0.4 is 34.3 Å². The van der Waals surface area contributed by atoms with E-state index in [1.165, 1.54) is 0 Å². The Hall–Kier alpha value is -2.56. The van der Waals surface area contributed by atoms with Gasteiger partial charge in [-0.1, -0.05) is 12.1 Å². The first-order chi connectivity index (χ1) is 15.1. The normalized spacial score (nSPS) is 11.6. The van der Waals surface area contributed by atoms with Crippen LogP contribution in [0.4, 0.5) is 0 Å². The molecule has 0 saturated heterocycles. The second-order valence-corrected chi connectivity index (χ2v) is 6.72. The fourth-order valence-corrected chi connectivity index (χ4v) is 3.07. The van der Waals surface area contributed by atoms with Crippen molar-refractivity contribution >= 4 is 29.9 Å². The van der Waals surface area contributed by atoms with Crippen LogP contribution in [0, 0.1) is 0 Å². The van der Waals surface area contributed by atoms with Crippen LogP contribution in [0.25, 0.3) is 0 Å². The first kappa shape index (κ1) is 27.5. The van der Waals surface area contributed by atoms with E-state index in [-0.39, 0.29) is 30.1 Å². The number of hydrogen-bond donors (Lipinski definition) is 2. The van der Waals surface area contributed by atoms with Gasteiger partial charge in [0.05, 0.1) is 35.0 Å². The van der Waals surface area contributed by atoms with Crippen LogP contribution in [0.2, 0.25) is 0 Å². The van der Waals surface area contributed by atoms with Gasteiger partial charge in [-0.15, -0.1) is 24.0 Å². The standard InChI is InChI=1S/C23H33N3O5.HI/c1-16(31-20-10-8-7-9-19(20)28-4)15-26-23(24-2)25-12-11-18-21(29-5)13-17(27-3)14-22(18)30-6;/h7-10,13-14,16H,11-12,15H2,1-6H3,(H2,24,25,26);1H. The maximum Gasteiger partial charge on any atom is 0.191 e. The summed E-state index contributed by atoms with van der Waals surface area (Å²) in [7, 11) is 8.24. The van der Waals surface area contributed by atoms with Gasteiger partial charge < -0.3 is 34.3 Å². The lowest BCUT2D eigenvalue weighted by molar-refractivity contribution is 0.213. The minimum Gasteiger partial charge on any atom is -0.496 e. The number of benzene rings is 2. The van der Waals surface area contributed by atoms with E-state index in [1.807, 2.05) is 43.3 Å². The molecule has 0 spiro atoms. The summed E-state index contributed by atoms with van der Waals surface area (Å²) in [6.07, 6.45) is 0.598. The largest absolute Gasteiger partial charge is 0.496 e. The number of halogens is 1. The van der Waals surface area contributed by atoms with Gasteiger partial charge in [-0.05, 0) is 25.5 Å². The Balaban J connectivity index is 0.00000512. The summed E-state index contributed by atoms with van der Waals surface area (Å²) >= 11 is 0. The van der Waals surface area contributed by atoms with E-state index < -0.39 is 0 Å². The number of methoxy groups -OCH3 is 4. The highest BCUT2D eigenvalue weighted by Gasteiger charge is 2.14. The average molecular weight is 559 g/mol. The van der Waals surface area contributed by atoms with E-state index in [1.54, 1.807) is 35.5 Å². The summed E-state index contributed by atoms with van der Waals surface area (Å²) in [6.45, 7) is 3.20. The van der Waals surface area contributed by atoms with E-state index >= 15 is 0 Å². The molecule has 0 radical (unpaired) electrons. The molecule has 0 aliphatic rings. The van der Waals surface area contributed by atoms with Crippen molar-refractivity contribution in [2.45, 2.75) is 19.4 Å². The van der Waals surface area contributed by atoms with Gasteiger partial charge in [0.1, 0.15) is 23.4 Å². The molecule has 0 heterocycles. The van der Waals surface area contributed by atoms with Crippen molar-refractivity contribution in [3.05, 3.63) is 42.0 Å². The van der Waals surface area contributed by atoms with Crippen molar-refractivity contribution in [1.29, 1.82) is 0 Å². The van der Waals surface area contributed by atoms with E-state index in [0.29, 0.717) is 42.7 Å². The topological polar surface area (TPSA) is 82.6 Å². The molecular formula is C23H34IN3O5. The minimum absolute atomic E-state index is 0. The third kappa shape index (κ3) is 7.85. The lowest BCUT2D eigenvalue weighted by Crippen LogP contribution is -2.42. The molecule has 0 bridgehead atoms. The van der Waals surface area contributed by atoms with Crippen molar-refractivity contribution in [2.24, 2.45) is 4.99 Å². The van der Waals surface area contributed by atoms with Crippen molar-refractivity contribution < 1.29 is 23.7 Å². The highest BCUT2D eigenvalue weighted by molar-refractivity contribution is 14.0. The second-order valence-electron chi connectivity index (χ2n) is 6.72. The zero-order chi connectivity index (χ0) is 22.6. The first-order valence-corrected chi connectivity index (χ1v) is 10.1. The summed E-state index contributed by atoms with van der Waals surface area (Å²) in [6, 6.07) is 11.3. The first-order valence-electron chi connectivity index (χ1n) is 10.1. The summed E-state index contributed by atoms with van der Waals surface area (Å²) in [4.78, 5) is 4.28. The Bertz CT molecular complexity index is 838. The molecule has 0 aliphatic heterocycles. The molecule has 8 nitrogen and oxygen atoms in total. The quantitative estimate of drug-likeness (QED) is 0.248. The molecular weight excluding hydrogens is 525 g/mol. The smallest absolute Gasteiger partial charge is 0.191 e. The molecule has 0 fully saturated rings. The Kier molecular flexibility index (Phi) is 12.4. The number of rotatable bonds is 11. The van der Waals surface area contributed by atoms with Crippen molar-refractivity contribution in [2.75, 3.05) is 48.6 Å². The Morgan fingerprint density at radius 3 is 2.00 bits per heavy atom. The van der Waals surface area contributed by atoms with Crippen LogP contribution in [-0.2, 0) is 6.42 Å². The van der Waals surface area contributed by atoms with Gasteiger partial charge in [-0.25, -0.2) is 0 Å². The van der Waals surface area contributed by atoms with E-state index in [2.05, 4.69) is 15.6 Å². The molecule has 0 aliphatic carbocycles. The summed E-state index contributed by atoms with van der Waals surface area (Å²) in [5.74, 6) is 4.23. The fourth-order valence-electron chi connectivity index (χ4n) is 3.07. The van der Waals surface area contributed by atoms with Crippen LogP contribution >= 0.6 is 24.0 Å². The second kappa shape index (κ2) is 14.5. The molecule has 32 heavy (non-hydrogen) atoms. The number of aliphatic imine (C=N–C) groups is 1. The molecule has 0 saturated carbocycles. The molecule has 2 N–H and O–H groups in total. The van der Waals surface area contributed by atoms with Gasteiger partial charge in [-0.2, -0.15) is 0 Å². The third-order valence-corrected chi connectivity index (χ3v) is 4.66. The van der Waals surface area contributed by atoms with Crippen LogP contribution in [-0.4, -0.2) is 60.6 Å². The van der Waals surface area contributed by atoms with Crippen molar-refractivity contribution in [1.82, 2.24) is 10.6 Å². The van der Waals surface area contributed by atoms with Crippen LogP contribution in [0.1, 0.15) is 12.5 Å². The molecule has 178 valence electrons. The third-order valence-electron chi connectivity index (χ3n) is 4.66. The molecule has 2 aromatic rings. The van der Waals surface area contributed by atoms with Crippen LogP contribution in [0.15, 0.2) is 41.4 Å². The van der Waals surface area contributed by atoms with E-state index in [4.69, 9.17) is 23.7 Å². The van der Waals surface area contributed by atoms with Gasteiger partial charge in [-0.3, -0.25) is 4.99 Å². The Labute approximate surface area is 207 Å². The summed E-state index contributed by atoms with van der Waals surface area (Å²) in [5.41, 5.74) is 0.960. The number of hydrogen-bond acceptors (Lipinski definition) is 6. The van der Waals surface area contributed by atoms with Crippen molar-refractivity contribution in [3.63, 3.8) is 0 Å². The highest BCUT2D eigenvalue weighted by atomic mass is 127. The maximum atomic E-state index is 5.97. The number of nitrogens with one attached hydrogen (secondary N) is 2. The zero-order valence-corrected chi connectivity index (χ0v) is 21.9. The molecule has 2 rings (SSSR count). The number of ether oxygens (including phenoxy) is 5. The SMILES string of the molecule is CN=C(NCCc1c(OC)cc(OC)cc1OC)NCC(C)Oc1ccccc1OC.I. The van der Waals surface area contributed by atoms with Gasteiger partial charge in [0, 0.05) is 31.3 Å². The molecule has 9 heteroatoms. The highest BCUT2D eigenvalue weighted by Crippen LogP contribution is 2.34. The molecule has 0 amide bonds. The van der Waals surface area contributed by atoms with E-state index in [0.717, 1.165) is 17.1 Å². The number of guanidine groups is 1. The average Bonchev–Trinajstić information content (AvgIpc) is 2.81. The van der Waals surface area contributed by atoms with Crippen molar-refractivity contribution in [3.8, 4) is 28.7 Å². The van der Waals surface area contributed by atoms with E-state index in [9.17, 15) is 0 Å². The Morgan fingerprint density at radius 1 is 0.875 bits per heavy atom. The molecule has 1 unspecified atom stereocenters. The van der Waals surface area contributed by atoms with Crippen LogP contribution in [0.5, 0.6) is 28.7 Å². The van der Waals surface area contributed by atoms with Gasteiger partial charge >= 0.3 is 0 Å². The zero-order valence-electron chi connectivity index (χ0n) is 19.6. The maximum absolute atomic E-state index is 5.97. The van der Waals surface area contributed by atoms with Gasteiger partial charge in [0.15, 0.2) is 17.5 Å². The molecule has 2 aromatic carbocycles. The predicted molar refractivity (Wildman–Crippen MR) is 138 cm³/mol. The summed E-state index contributed by atoms with van der Waals surface area (Å²) < 4.78 is 27.6. The number of nitrogens with zero attached hydrogens (tertiary/aromatic N) is 1. The number of para-hydroxylation sites is 2. The van der Waals surface area contributed by atoms with Crippen LogP contribution in [0.3, 0.4) is 0 Å². The summed E-state index contributed by atoms with van der Waals surface area (Å²) in [5, 5.41) is 6.59. The minimum atomic E-state index is -0.0865.